The van der Waals surface area contributed by atoms with Crippen LogP contribution in [-0.2, 0) is 16.0 Å². The molecule has 0 radical (unpaired) electrons. The molecule has 0 saturated heterocycles. The molecule has 1 N–H and O–H groups in total. The third-order valence-electron chi connectivity index (χ3n) is 2.40. The van der Waals surface area contributed by atoms with Crippen LogP contribution in [0.4, 0.5) is 0 Å². The molecule has 1 heterocycles. The van der Waals surface area contributed by atoms with Gasteiger partial charge in [0.15, 0.2) is 0 Å². The second-order valence-electron chi connectivity index (χ2n) is 4.10. The van der Waals surface area contributed by atoms with Gasteiger partial charge in [-0.1, -0.05) is 0 Å². The second kappa shape index (κ2) is 7.65. The normalized spacial score (nSPS) is 12.2. The minimum atomic E-state index is -0.337. The van der Waals surface area contributed by atoms with Gasteiger partial charge in [0, 0.05) is 26.3 Å². The zero-order valence-electron chi connectivity index (χ0n) is 11.4. The van der Waals surface area contributed by atoms with Gasteiger partial charge in [0.1, 0.15) is 5.69 Å². The van der Waals surface area contributed by atoms with Crippen molar-refractivity contribution in [2.45, 2.75) is 19.5 Å². The molecule has 7 heteroatoms. The van der Waals surface area contributed by atoms with E-state index in [0.29, 0.717) is 19.8 Å². The molecule has 0 spiro atoms. The quantitative estimate of drug-likeness (QED) is 0.732. The standard InChI is InChI=1S/C12H19N3O4/c1-9(8-19-3)13-12(17)10-4-5-11(16)15(14-10)6-7-18-2/h4-5,9H,6-8H2,1-3H3,(H,13,17). The highest BCUT2D eigenvalue weighted by Gasteiger charge is 2.12. The van der Waals surface area contributed by atoms with Crippen LogP contribution in [0.1, 0.15) is 17.4 Å². The summed E-state index contributed by atoms with van der Waals surface area (Å²) in [4.78, 5) is 23.4. The zero-order valence-corrected chi connectivity index (χ0v) is 11.4. The molecule has 1 rings (SSSR count). The number of nitrogens with one attached hydrogen (secondary N) is 1. The average molecular weight is 269 g/mol. The summed E-state index contributed by atoms with van der Waals surface area (Å²) in [5.41, 5.74) is -0.0720. The first-order chi connectivity index (χ1) is 9.08. The highest BCUT2D eigenvalue weighted by molar-refractivity contribution is 5.92. The SMILES string of the molecule is COCCn1nc(C(=O)NC(C)COC)ccc1=O. The molecular weight excluding hydrogens is 250 g/mol. The Morgan fingerprint density at radius 1 is 1.42 bits per heavy atom. The fraction of sp³-hybridized carbons (Fsp3) is 0.583. The molecule has 7 nitrogen and oxygen atoms in total. The Morgan fingerprint density at radius 2 is 2.16 bits per heavy atom. The van der Waals surface area contributed by atoms with Crippen LogP contribution in [0.2, 0.25) is 0 Å². The Kier molecular flexibility index (Phi) is 6.17. The number of nitrogens with zero attached hydrogens (tertiary/aromatic N) is 2. The Hall–Kier alpha value is -1.73. The Morgan fingerprint density at radius 3 is 2.79 bits per heavy atom. The summed E-state index contributed by atoms with van der Waals surface area (Å²) in [5.74, 6) is -0.337. The zero-order chi connectivity index (χ0) is 14.3. The van der Waals surface area contributed by atoms with E-state index in [2.05, 4.69) is 10.4 Å². The molecular formula is C12H19N3O4. The Bertz CT molecular complexity index is 472. The number of aromatic nitrogens is 2. The third-order valence-corrected chi connectivity index (χ3v) is 2.40. The maximum atomic E-state index is 11.9. The lowest BCUT2D eigenvalue weighted by molar-refractivity contribution is 0.0897. The fourth-order valence-corrected chi connectivity index (χ4v) is 1.50. The van der Waals surface area contributed by atoms with E-state index in [1.54, 1.807) is 7.11 Å². The van der Waals surface area contributed by atoms with Gasteiger partial charge in [0.05, 0.1) is 19.8 Å². The van der Waals surface area contributed by atoms with E-state index in [9.17, 15) is 9.59 Å². The van der Waals surface area contributed by atoms with E-state index in [-0.39, 0.29) is 23.2 Å². The van der Waals surface area contributed by atoms with Crippen molar-refractivity contribution in [3.05, 3.63) is 28.2 Å². The number of hydrogen-bond acceptors (Lipinski definition) is 5. The molecule has 0 bridgehead atoms. The number of carbonyl (C=O) groups is 1. The summed E-state index contributed by atoms with van der Waals surface area (Å²) in [7, 11) is 3.10. The van der Waals surface area contributed by atoms with Crippen molar-refractivity contribution in [3.8, 4) is 0 Å². The number of carbonyl (C=O) groups excluding carboxylic acids is 1. The summed E-state index contributed by atoms with van der Waals surface area (Å²) < 4.78 is 11.0. The molecule has 1 unspecified atom stereocenters. The molecule has 0 saturated carbocycles. The summed E-state index contributed by atoms with van der Waals surface area (Å²) >= 11 is 0. The number of methoxy groups -OCH3 is 2. The molecule has 1 aromatic rings. The fourth-order valence-electron chi connectivity index (χ4n) is 1.50. The van der Waals surface area contributed by atoms with Gasteiger partial charge in [0.2, 0.25) is 0 Å². The number of ether oxygens (including phenoxy) is 2. The van der Waals surface area contributed by atoms with Gasteiger partial charge in [-0.3, -0.25) is 9.59 Å². The third kappa shape index (κ3) is 4.80. The maximum Gasteiger partial charge on any atom is 0.272 e. The van der Waals surface area contributed by atoms with Crippen LogP contribution in [0.25, 0.3) is 0 Å². The van der Waals surface area contributed by atoms with Gasteiger partial charge < -0.3 is 14.8 Å². The minimum absolute atomic E-state index is 0.126. The van der Waals surface area contributed by atoms with Crippen LogP contribution in [0.5, 0.6) is 0 Å². The lowest BCUT2D eigenvalue weighted by atomic mass is 10.3. The van der Waals surface area contributed by atoms with Crippen molar-refractivity contribution in [2.24, 2.45) is 0 Å². The van der Waals surface area contributed by atoms with Crippen LogP contribution in [0.3, 0.4) is 0 Å². The highest BCUT2D eigenvalue weighted by atomic mass is 16.5. The predicted octanol–water partition coefficient (Wildman–Crippen LogP) is -0.346. The van der Waals surface area contributed by atoms with Gasteiger partial charge in [-0.15, -0.1) is 0 Å². The van der Waals surface area contributed by atoms with Crippen molar-refractivity contribution in [3.63, 3.8) is 0 Å². The number of amides is 1. The maximum absolute atomic E-state index is 11.9. The smallest absolute Gasteiger partial charge is 0.272 e. The van der Waals surface area contributed by atoms with Crippen LogP contribution in [0, 0.1) is 0 Å². The molecule has 0 aliphatic heterocycles. The second-order valence-corrected chi connectivity index (χ2v) is 4.10. The van der Waals surface area contributed by atoms with Crippen molar-refractivity contribution in [1.82, 2.24) is 15.1 Å². The molecule has 1 atom stereocenters. The molecule has 106 valence electrons. The minimum Gasteiger partial charge on any atom is -0.383 e. The van der Waals surface area contributed by atoms with E-state index < -0.39 is 0 Å². The first-order valence-electron chi connectivity index (χ1n) is 5.95. The topological polar surface area (TPSA) is 82.5 Å². The molecule has 0 aliphatic rings. The average Bonchev–Trinajstić information content (AvgIpc) is 2.37. The number of rotatable bonds is 7. The van der Waals surface area contributed by atoms with Crippen LogP contribution >= 0.6 is 0 Å². The van der Waals surface area contributed by atoms with Crippen LogP contribution < -0.4 is 10.9 Å². The van der Waals surface area contributed by atoms with Crippen LogP contribution in [0.15, 0.2) is 16.9 Å². The van der Waals surface area contributed by atoms with Gasteiger partial charge >= 0.3 is 0 Å². The van der Waals surface area contributed by atoms with Crippen molar-refractivity contribution in [1.29, 1.82) is 0 Å². The van der Waals surface area contributed by atoms with E-state index in [4.69, 9.17) is 9.47 Å². The molecule has 1 aromatic heterocycles. The van der Waals surface area contributed by atoms with E-state index >= 15 is 0 Å². The lowest BCUT2D eigenvalue weighted by Crippen LogP contribution is -2.37. The lowest BCUT2D eigenvalue weighted by Gasteiger charge is -2.12. The molecule has 0 aromatic carbocycles. The monoisotopic (exact) mass is 269 g/mol. The van der Waals surface area contributed by atoms with Gasteiger partial charge in [0.25, 0.3) is 11.5 Å². The molecule has 0 fully saturated rings. The summed E-state index contributed by atoms with van der Waals surface area (Å²) in [6, 6.07) is 2.60. The molecule has 1 amide bonds. The first-order valence-corrected chi connectivity index (χ1v) is 5.95. The predicted molar refractivity (Wildman–Crippen MR) is 69.2 cm³/mol. The van der Waals surface area contributed by atoms with Gasteiger partial charge in [-0.25, -0.2) is 4.68 Å². The van der Waals surface area contributed by atoms with Crippen molar-refractivity contribution >= 4 is 5.91 Å². The molecule has 19 heavy (non-hydrogen) atoms. The van der Waals surface area contributed by atoms with Crippen molar-refractivity contribution in [2.75, 3.05) is 27.4 Å². The Labute approximate surface area is 111 Å². The largest absolute Gasteiger partial charge is 0.383 e. The van der Waals surface area contributed by atoms with Gasteiger partial charge in [-0.05, 0) is 13.0 Å². The summed E-state index contributed by atoms with van der Waals surface area (Å²) in [6.45, 7) is 2.90. The van der Waals surface area contributed by atoms with E-state index in [0.717, 1.165) is 0 Å². The highest BCUT2D eigenvalue weighted by Crippen LogP contribution is 1.93. The Balaban J connectivity index is 2.77. The summed E-state index contributed by atoms with van der Waals surface area (Å²) in [5, 5.41) is 6.72. The molecule has 0 aliphatic carbocycles. The summed E-state index contributed by atoms with van der Waals surface area (Å²) in [6.07, 6.45) is 0. The van der Waals surface area contributed by atoms with Crippen LogP contribution in [-0.4, -0.2) is 49.2 Å². The first kappa shape index (κ1) is 15.3. The van der Waals surface area contributed by atoms with Gasteiger partial charge in [-0.2, -0.15) is 5.10 Å². The number of hydrogen-bond donors (Lipinski definition) is 1. The van der Waals surface area contributed by atoms with E-state index in [1.807, 2.05) is 6.92 Å². The van der Waals surface area contributed by atoms with Crippen molar-refractivity contribution < 1.29 is 14.3 Å². The van der Waals surface area contributed by atoms with E-state index in [1.165, 1.54) is 23.9 Å².